The molecule has 0 aromatic heterocycles. The van der Waals surface area contributed by atoms with E-state index in [9.17, 15) is 26.9 Å². The van der Waals surface area contributed by atoms with Crippen LogP contribution in [0.1, 0.15) is 23.6 Å². The van der Waals surface area contributed by atoms with Gasteiger partial charge in [0.25, 0.3) is 15.7 Å². The van der Waals surface area contributed by atoms with Crippen LogP contribution < -0.4 is 4.72 Å². The van der Waals surface area contributed by atoms with E-state index < -0.39 is 31.0 Å². The fourth-order valence-corrected chi connectivity index (χ4v) is 5.78. The second-order valence-electron chi connectivity index (χ2n) is 7.81. The standard InChI is InChI=1S/C22H19ClN4O6S2/c1-34(30,31)25-18-6-2-4-15(12-18)21-14-22(16-5-3-7-19(13-16)27(28)29)26(24-21)35(32,33)20-10-8-17(23)9-11-20/h2-13,22,25H,14H2,1H3. The summed E-state index contributed by atoms with van der Waals surface area (Å²) >= 11 is 5.91. The minimum absolute atomic E-state index is 0.0465. The number of halogens is 1. The van der Waals surface area contributed by atoms with Crippen molar-refractivity contribution in [1.29, 1.82) is 0 Å². The highest BCUT2D eigenvalue weighted by atomic mass is 35.5. The Bertz CT molecular complexity index is 1540. The molecule has 1 unspecified atom stereocenters. The maximum absolute atomic E-state index is 13.5. The van der Waals surface area contributed by atoms with Crippen LogP contribution >= 0.6 is 11.6 Å². The highest BCUT2D eigenvalue weighted by Crippen LogP contribution is 2.38. The average Bonchev–Trinajstić information content (AvgIpc) is 3.25. The number of anilines is 1. The fourth-order valence-electron chi connectivity index (χ4n) is 3.67. The van der Waals surface area contributed by atoms with Crippen LogP contribution in [0.3, 0.4) is 0 Å². The van der Waals surface area contributed by atoms with Gasteiger partial charge < -0.3 is 0 Å². The van der Waals surface area contributed by atoms with Crippen LogP contribution in [0, 0.1) is 10.1 Å². The molecule has 0 saturated heterocycles. The van der Waals surface area contributed by atoms with Crippen LogP contribution in [-0.2, 0) is 20.0 Å². The summed E-state index contributed by atoms with van der Waals surface area (Å²) in [5.41, 5.74) is 1.37. The molecule has 10 nitrogen and oxygen atoms in total. The smallest absolute Gasteiger partial charge is 0.279 e. The Kier molecular flexibility index (Phi) is 6.54. The molecule has 1 aliphatic heterocycles. The number of nitrogens with one attached hydrogen (secondary N) is 1. The van der Waals surface area contributed by atoms with E-state index >= 15 is 0 Å². The van der Waals surface area contributed by atoms with E-state index in [2.05, 4.69) is 9.82 Å². The molecule has 3 aromatic carbocycles. The third-order valence-electron chi connectivity index (χ3n) is 5.20. The van der Waals surface area contributed by atoms with Gasteiger partial charge in [0.15, 0.2) is 0 Å². The van der Waals surface area contributed by atoms with Crippen molar-refractivity contribution in [2.45, 2.75) is 17.4 Å². The SMILES string of the molecule is CS(=O)(=O)Nc1cccc(C2=NN(S(=O)(=O)c3ccc(Cl)cc3)C(c3cccc([N+](=O)[O-])c3)C2)c1. The number of rotatable bonds is 7. The Labute approximate surface area is 207 Å². The van der Waals surface area contributed by atoms with Crippen LogP contribution in [0.2, 0.25) is 5.02 Å². The van der Waals surface area contributed by atoms with Gasteiger partial charge in [-0.1, -0.05) is 35.9 Å². The monoisotopic (exact) mass is 534 g/mol. The fraction of sp³-hybridized carbons (Fsp3) is 0.136. The number of sulfonamides is 2. The first-order valence-corrected chi connectivity index (χ1v) is 13.8. The molecular formula is C22H19ClN4O6S2. The van der Waals surface area contributed by atoms with Crippen molar-refractivity contribution in [3.8, 4) is 0 Å². The van der Waals surface area contributed by atoms with Crippen LogP contribution in [0.25, 0.3) is 0 Å². The summed E-state index contributed by atoms with van der Waals surface area (Å²) in [5, 5.41) is 16.1. The van der Waals surface area contributed by atoms with Gasteiger partial charge in [-0.2, -0.15) is 17.9 Å². The number of nitro groups is 1. The Hall–Kier alpha value is -3.48. The maximum Gasteiger partial charge on any atom is 0.279 e. The van der Waals surface area contributed by atoms with Gasteiger partial charge in [-0.15, -0.1) is 0 Å². The van der Waals surface area contributed by atoms with Crippen molar-refractivity contribution in [2.75, 3.05) is 11.0 Å². The third kappa shape index (κ3) is 5.45. The van der Waals surface area contributed by atoms with Gasteiger partial charge in [-0.3, -0.25) is 14.8 Å². The van der Waals surface area contributed by atoms with E-state index in [1.807, 2.05) is 0 Å². The molecule has 1 heterocycles. The highest BCUT2D eigenvalue weighted by Gasteiger charge is 2.38. The second-order valence-corrected chi connectivity index (χ2v) is 11.8. The van der Waals surface area contributed by atoms with E-state index in [1.54, 1.807) is 30.3 Å². The van der Waals surface area contributed by atoms with Crippen molar-refractivity contribution in [1.82, 2.24) is 4.41 Å². The molecule has 0 fully saturated rings. The third-order valence-corrected chi connectivity index (χ3v) is 7.75. The zero-order valence-corrected chi connectivity index (χ0v) is 20.6. The molecule has 0 amide bonds. The van der Waals surface area contributed by atoms with Crippen molar-refractivity contribution < 1.29 is 21.8 Å². The summed E-state index contributed by atoms with van der Waals surface area (Å²) in [6.07, 6.45) is 1.13. The summed E-state index contributed by atoms with van der Waals surface area (Å²) in [6.45, 7) is 0. The van der Waals surface area contributed by atoms with Crippen LogP contribution in [0.5, 0.6) is 0 Å². The van der Waals surface area contributed by atoms with Gasteiger partial charge in [0.05, 0.1) is 27.8 Å². The van der Waals surface area contributed by atoms with Crippen LogP contribution in [-0.4, -0.2) is 38.1 Å². The molecule has 1 N–H and O–H groups in total. The van der Waals surface area contributed by atoms with E-state index in [0.717, 1.165) is 10.7 Å². The number of hydrogen-bond acceptors (Lipinski definition) is 7. The lowest BCUT2D eigenvalue weighted by Crippen LogP contribution is -2.27. The first-order chi connectivity index (χ1) is 16.4. The molecule has 13 heteroatoms. The van der Waals surface area contributed by atoms with Gasteiger partial charge >= 0.3 is 0 Å². The number of hydrogen-bond donors (Lipinski definition) is 1. The molecule has 182 valence electrons. The number of non-ortho nitro benzene ring substituents is 1. The quantitative estimate of drug-likeness (QED) is 0.356. The molecule has 4 rings (SSSR count). The molecule has 0 bridgehead atoms. The van der Waals surface area contributed by atoms with Crippen LogP contribution in [0.15, 0.2) is 82.8 Å². The Balaban J connectivity index is 1.80. The molecular weight excluding hydrogens is 516 g/mol. The number of benzene rings is 3. The van der Waals surface area contributed by atoms with Crippen molar-refractivity contribution in [3.05, 3.63) is 99.1 Å². The average molecular weight is 535 g/mol. The zero-order valence-electron chi connectivity index (χ0n) is 18.2. The predicted molar refractivity (Wildman–Crippen MR) is 132 cm³/mol. The lowest BCUT2D eigenvalue weighted by molar-refractivity contribution is -0.384. The first kappa shape index (κ1) is 24.6. The summed E-state index contributed by atoms with van der Waals surface area (Å²) in [5.74, 6) is 0. The lowest BCUT2D eigenvalue weighted by atomic mass is 9.98. The lowest BCUT2D eigenvalue weighted by Gasteiger charge is -2.23. The summed E-state index contributed by atoms with van der Waals surface area (Å²) < 4.78 is 53.6. The molecule has 0 saturated carbocycles. The van der Waals surface area contributed by atoms with Crippen molar-refractivity contribution in [3.63, 3.8) is 0 Å². The van der Waals surface area contributed by atoms with E-state index in [-0.39, 0.29) is 17.0 Å². The van der Waals surface area contributed by atoms with Gasteiger partial charge in [-0.25, -0.2) is 8.42 Å². The Morgan fingerprint density at radius 3 is 2.37 bits per heavy atom. The number of nitro benzene ring substituents is 1. The van der Waals surface area contributed by atoms with Gasteiger partial charge in [0.2, 0.25) is 10.0 Å². The van der Waals surface area contributed by atoms with E-state index in [0.29, 0.717) is 27.5 Å². The summed E-state index contributed by atoms with van der Waals surface area (Å²) in [4.78, 5) is 10.7. The molecule has 35 heavy (non-hydrogen) atoms. The molecule has 0 spiro atoms. The van der Waals surface area contributed by atoms with Gasteiger partial charge in [-0.05, 0) is 47.5 Å². The molecule has 3 aromatic rings. The first-order valence-electron chi connectivity index (χ1n) is 10.1. The zero-order chi connectivity index (χ0) is 25.4. The molecule has 0 radical (unpaired) electrons. The van der Waals surface area contributed by atoms with Crippen LogP contribution in [0.4, 0.5) is 11.4 Å². The number of nitrogens with zero attached hydrogens (tertiary/aromatic N) is 3. The predicted octanol–water partition coefficient (Wildman–Crippen LogP) is 4.16. The normalized spacial score (nSPS) is 16.1. The number of hydrazone groups is 1. The van der Waals surface area contributed by atoms with Gasteiger partial charge in [0, 0.05) is 29.3 Å². The van der Waals surface area contributed by atoms with E-state index in [4.69, 9.17) is 11.6 Å². The van der Waals surface area contributed by atoms with Gasteiger partial charge in [0.1, 0.15) is 0 Å². The maximum atomic E-state index is 13.5. The summed E-state index contributed by atoms with van der Waals surface area (Å²) in [6, 6.07) is 16.8. The van der Waals surface area contributed by atoms with E-state index in [1.165, 1.54) is 42.5 Å². The Morgan fingerprint density at radius 1 is 1.03 bits per heavy atom. The molecule has 1 aliphatic rings. The largest absolute Gasteiger partial charge is 0.284 e. The minimum Gasteiger partial charge on any atom is -0.284 e. The topological polar surface area (TPSA) is 139 Å². The Morgan fingerprint density at radius 2 is 1.71 bits per heavy atom. The summed E-state index contributed by atoms with van der Waals surface area (Å²) in [7, 11) is -7.69. The second kappa shape index (κ2) is 9.29. The van der Waals surface area contributed by atoms with Crippen molar-refractivity contribution in [2.24, 2.45) is 5.10 Å². The highest BCUT2D eigenvalue weighted by molar-refractivity contribution is 7.92. The molecule has 1 atom stereocenters. The minimum atomic E-state index is -4.16. The van der Waals surface area contributed by atoms with Crippen molar-refractivity contribution >= 4 is 48.7 Å². The molecule has 0 aliphatic carbocycles.